The fourth-order valence-corrected chi connectivity index (χ4v) is 4.90. The fraction of sp³-hybridized carbons (Fsp3) is 0.278. The van der Waals surface area contributed by atoms with Gasteiger partial charge in [0.25, 0.3) is 15.9 Å². The largest absolute Gasteiger partial charge is 0.337 e. The molecule has 6 nitrogen and oxygen atoms in total. The molecular formula is C18H19FN2O4S2. The lowest BCUT2D eigenvalue weighted by Crippen LogP contribution is -2.42. The Balaban J connectivity index is 1.89. The summed E-state index contributed by atoms with van der Waals surface area (Å²) in [5.41, 5.74) is 0.736. The number of nitrogens with zero attached hydrogens (tertiary/aromatic N) is 1. The third-order valence-electron chi connectivity index (χ3n) is 4.33. The smallest absolute Gasteiger partial charge is 0.262 e. The molecule has 0 radical (unpaired) electrons. The fourth-order valence-electron chi connectivity index (χ4n) is 2.76. The van der Waals surface area contributed by atoms with E-state index in [1.54, 1.807) is 17.9 Å². The van der Waals surface area contributed by atoms with Gasteiger partial charge in [0.1, 0.15) is 5.82 Å². The van der Waals surface area contributed by atoms with E-state index in [9.17, 15) is 21.8 Å². The Kier molecular flexibility index (Phi) is 5.61. The van der Waals surface area contributed by atoms with E-state index in [1.807, 2.05) is 0 Å². The number of hydrogen-bond acceptors (Lipinski definition) is 4. The summed E-state index contributed by atoms with van der Waals surface area (Å²) in [6.07, 6.45) is 0. The van der Waals surface area contributed by atoms with Gasteiger partial charge in [-0.15, -0.1) is 0 Å². The highest BCUT2D eigenvalue weighted by atomic mass is 32.2. The number of amides is 1. The number of carbonyl (C=O) groups excluding carboxylic acids is 1. The predicted molar refractivity (Wildman–Crippen MR) is 102 cm³/mol. The highest BCUT2D eigenvalue weighted by Gasteiger charge is 2.24. The van der Waals surface area contributed by atoms with E-state index in [1.165, 1.54) is 30.3 Å². The van der Waals surface area contributed by atoms with Gasteiger partial charge >= 0.3 is 0 Å². The van der Waals surface area contributed by atoms with Crippen LogP contribution in [0.3, 0.4) is 0 Å². The van der Waals surface area contributed by atoms with Crippen LogP contribution >= 0.6 is 0 Å². The van der Waals surface area contributed by atoms with Gasteiger partial charge in [-0.2, -0.15) is 0 Å². The summed E-state index contributed by atoms with van der Waals surface area (Å²) in [6.45, 7) is 2.46. The van der Waals surface area contributed by atoms with Crippen LogP contribution < -0.4 is 4.72 Å². The maximum Gasteiger partial charge on any atom is 0.262 e. The predicted octanol–water partition coefficient (Wildman–Crippen LogP) is 2.14. The van der Waals surface area contributed by atoms with E-state index in [0.717, 1.165) is 6.07 Å². The van der Waals surface area contributed by atoms with Crippen LogP contribution in [0.4, 0.5) is 10.1 Å². The Bertz CT molecular complexity index is 998. The molecule has 1 saturated heterocycles. The average Bonchev–Trinajstić information content (AvgIpc) is 2.64. The minimum atomic E-state index is -4.06. The normalized spacial score (nSPS) is 15.6. The quantitative estimate of drug-likeness (QED) is 0.837. The lowest BCUT2D eigenvalue weighted by molar-refractivity contribution is 0.0770. The molecule has 0 unspecified atom stereocenters. The molecule has 9 heteroatoms. The van der Waals surface area contributed by atoms with Crippen molar-refractivity contribution >= 4 is 32.4 Å². The standard InChI is InChI=1S/C18H19FN2O4S2/c1-13-6-7-14(27(24,25)20-17-5-3-2-4-16(17)19)12-15(13)18(22)21-8-10-26(23)11-9-21/h2-7,12,20H,8-11H2,1H3. The van der Waals surface area contributed by atoms with Crippen molar-refractivity contribution in [1.82, 2.24) is 4.90 Å². The first-order valence-corrected chi connectivity index (χ1v) is 11.3. The molecule has 0 saturated carbocycles. The summed E-state index contributed by atoms with van der Waals surface area (Å²) >= 11 is 0. The van der Waals surface area contributed by atoms with Crippen molar-refractivity contribution in [3.05, 3.63) is 59.4 Å². The number of rotatable bonds is 4. The first-order valence-electron chi connectivity index (χ1n) is 8.30. The van der Waals surface area contributed by atoms with E-state index >= 15 is 0 Å². The Morgan fingerprint density at radius 1 is 1.15 bits per heavy atom. The molecular weight excluding hydrogens is 391 g/mol. The van der Waals surface area contributed by atoms with Gasteiger partial charge in [-0.05, 0) is 36.8 Å². The molecule has 1 amide bonds. The molecule has 0 aliphatic carbocycles. The highest BCUT2D eigenvalue weighted by Crippen LogP contribution is 2.22. The van der Waals surface area contributed by atoms with Crippen LogP contribution in [0.1, 0.15) is 15.9 Å². The van der Waals surface area contributed by atoms with Crippen LogP contribution in [-0.4, -0.2) is 48.0 Å². The number of halogens is 1. The minimum Gasteiger partial charge on any atom is -0.337 e. The molecule has 27 heavy (non-hydrogen) atoms. The number of anilines is 1. The SMILES string of the molecule is Cc1ccc(S(=O)(=O)Nc2ccccc2F)cc1C(=O)N1CCS(=O)CC1. The number of aryl methyl sites for hydroxylation is 1. The lowest BCUT2D eigenvalue weighted by Gasteiger charge is -2.27. The zero-order valence-electron chi connectivity index (χ0n) is 14.6. The zero-order valence-corrected chi connectivity index (χ0v) is 16.3. The van der Waals surface area contributed by atoms with E-state index < -0.39 is 26.6 Å². The number of sulfonamides is 1. The Hall–Kier alpha value is -2.26. The van der Waals surface area contributed by atoms with Crippen LogP contribution in [0, 0.1) is 12.7 Å². The molecule has 1 aliphatic heterocycles. The van der Waals surface area contributed by atoms with E-state index in [4.69, 9.17) is 0 Å². The van der Waals surface area contributed by atoms with Crippen molar-refractivity contribution < 1.29 is 21.8 Å². The molecule has 0 spiro atoms. The molecule has 1 N–H and O–H groups in total. The van der Waals surface area contributed by atoms with Crippen LogP contribution in [0.25, 0.3) is 0 Å². The Labute approximate surface area is 159 Å². The molecule has 144 valence electrons. The molecule has 0 aromatic heterocycles. The van der Waals surface area contributed by atoms with Crippen molar-refractivity contribution in [2.45, 2.75) is 11.8 Å². The number of carbonyl (C=O) groups is 1. The van der Waals surface area contributed by atoms with Gasteiger partial charge in [-0.25, -0.2) is 12.8 Å². The van der Waals surface area contributed by atoms with Crippen molar-refractivity contribution in [2.75, 3.05) is 29.3 Å². The number of benzene rings is 2. The van der Waals surface area contributed by atoms with Gasteiger partial charge in [0.05, 0.1) is 10.6 Å². The second kappa shape index (κ2) is 7.77. The molecule has 3 rings (SSSR count). The number of para-hydroxylation sites is 1. The van der Waals surface area contributed by atoms with Gasteiger partial charge in [0.2, 0.25) is 0 Å². The van der Waals surface area contributed by atoms with Crippen LogP contribution in [0.15, 0.2) is 47.4 Å². The van der Waals surface area contributed by atoms with Crippen molar-refractivity contribution in [3.8, 4) is 0 Å². The summed E-state index contributed by atoms with van der Waals surface area (Å²) in [4.78, 5) is 14.2. The molecule has 2 aromatic carbocycles. The topological polar surface area (TPSA) is 83.6 Å². The molecule has 1 fully saturated rings. The summed E-state index contributed by atoms with van der Waals surface area (Å²) in [5.74, 6) is -0.159. The first kappa shape index (κ1) is 19.5. The molecule has 1 heterocycles. The van der Waals surface area contributed by atoms with Gasteiger partial charge in [0, 0.05) is 41.0 Å². The summed E-state index contributed by atoms with van der Waals surface area (Å²) in [6, 6.07) is 9.67. The Morgan fingerprint density at radius 3 is 2.48 bits per heavy atom. The first-order chi connectivity index (χ1) is 12.8. The lowest BCUT2D eigenvalue weighted by atomic mass is 10.1. The maximum absolute atomic E-state index is 13.8. The van der Waals surface area contributed by atoms with Crippen LogP contribution in [0.2, 0.25) is 0 Å². The third kappa shape index (κ3) is 4.36. The second-order valence-electron chi connectivity index (χ2n) is 6.20. The maximum atomic E-state index is 13.8. The van der Waals surface area contributed by atoms with Crippen LogP contribution in [-0.2, 0) is 20.8 Å². The molecule has 1 aliphatic rings. The summed E-state index contributed by atoms with van der Waals surface area (Å²) < 4.78 is 52.7. The summed E-state index contributed by atoms with van der Waals surface area (Å²) in [7, 11) is -4.98. The molecule has 0 bridgehead atoms. The number of hydrogen-bond donors (Lipinski definition) is 1. The average molecular weight is 410 g/mol. The van der Waals surface area contributed by atoms with Gasteiger partial charge in [-0.1, -0.05) is 18.2 Å². The summed E-state index contributed by atoms with van der Waals surface area (Å²) in [5, 5.41) is 0. The van der Waals surface area contributed by atoms with Crippen molar-refractivity contribution in [1.29, 1.82) is 0 Å². The van der Waals surface area contributed by atoms with Crippen molar-refractivity contribution in [3.63, 3.8) is 0 Å². The number of nitrogens with one attached hydrogen (secondary N) is 1. The van der Waals surface area contributed by atoms with Gasteiger partial charge in [0.15, 0.2) is 0 Å². The minimum absolute atomic E-state index is 0.125. The van der Waals surface area contributed by atoms with E-state index in [0.29, 0.717) is 30.2 Å². The van der Waals surface area contributed by atoms with E-state index in [-0.39, 0.29) is 22.1 Å². The van der Waals surface area contributed by atoms with Crippen LogP contribution in [0.5, 0.6) is 0 Å². The van der Waals surface area contributed by atoms with Crippen molar-refractivity contribution in [2.24, 2.45) is 0 Å². The monoisotopic (exact) mass is 410 g/mol. The van der Waals surface area contributed by atoms with E-state index in [2.05, 4.69) is 4.72 Å². The third-order valence-corrected chi connectivity index (χ3v) is 6.97. The molecule has 2 aromatic rings. The van der Waals surface area contributed by atoms with Gasteiger partial charge < -0.3 is 4.90 Å². The molecule has 0 atom stereocenters. The second-order valence-corrected chi connectivity index (χ2v) is 9.58. The Morgan fingerprint density at radius 2 is 1.81 bits per heavy atom. The van der Waals surface area contributed by atoms with Gasteiger partial charge in [-0.3, -0.25) is 13.7 Å². The highest BCUT2D eigenvalue weighted by molar-refractivity contribution is 7.92. The zero-order chi connectivity index (χ0) is 19.6.